The number of hydrogen-bond acceptors (Lipinski definition) is 3. The number of hydrogen-bond donors (Lipinski definition) is 1. The summed E-state index contributed by atoms with van der Waals surface area (Å²) in [5.74, 6) is 0.643. The Morgan fingerprint density at radius 2 is 1.76 bits per heavy atom. The summed E-state index contributed by atoms with van der Waals surface area (Å²) in [4.78, 5) is 11.2. The fraction of sp³-hybridized carbons (Fsp3) is 0.235. The third-order valence-electron chi connectivity index (χ3n) is 3.04. The maximum Gasteiger partial charge on any atom is 0.248 e. The lowest BCUT2D eigenvalue weighted by Crippen LogP contribution is -2.11. The molecule has 0 fully saturated rings. The van der Waals surface area contributed by atoms with Gasteiger partial charge in [0.2, 0.25) is 5.91 Å². The number of rotatable bonds is 6. The van der Waals surface area contributed by atoms with Crippen LogP contribution in [0.3, 0.4) is 0 Å². The van der Waals surface area contributed by atoms with Crippen LogP contribution in [0.1, 0.15) is 28.4 Å². The fourth-order valence-corrected chi connectivity index (χ4v) is 1.89. The molecular weight excluding hydrogens is 266 g/mol. The van der Waals surface area contributed by atoms with Crippen LogP contribution in [0.4, 0.5) is 0 Å². The smallest absolute Gasteiger partial charge is 0.248 e. The van der Waals surface area contributed by atoms with Crippen LogP contribution < -0.4 is 15.2 Å². The molecule has 4 nitrogen and oxygen atoms in total. The number of nitrogens with two attached hydrogens (primary N) is 1. The molecule has 0 aliphatic heterocycles. The molecule has 110 valence electrons. The number of benzene rings is 2. The van der Waals surface area contributed by atoms with Crippen molar-refractivity contribution in [3.63, 3.8) is 0 Å². The molecule has 1 amide bonds. The van der Waals surface area contributed by atoms with E-state index in [-0.39, 0.29) is 0 Å². The van der Waals surface area contributed by atoms with Crippen LogP contribution in [0.25, 0.3) is 0 Å². The topological polar surface area (TPSA) is 61.5 Å². The molecular formula is C17H19NO3. The van der Waals surface area contributed by atoms with E-state index in [0.717, 1.165) is 5.56 Å². The summed E-state index contributed by atoms with van der Waals surface area (Å²) >= 11 is 0. The highest BCUT2D eigenvalue weighted by molar-refractivity contribution is 5.93. The summed E-state index contributed by atoms with van der Waals surface area (Å²) in [6, 6.07) is 13.1. The minimum absolute atomic E-state index is 0.404. The van der Waals surface area contributed by atoms with Gasteiger partial charge in [0.15, 0.2) is 11.5 Å². The summed E-state index contributed by atoms with van der Waals surface area (Å²) in [5, 5.41) is 0. The maximum atomic E-state index is 11.2. The standard InChI is InChI=1S/C17H19NO3/c1-3-20-16-10-14(17(18)19)8-9-15(16)21-11-13-6-4-12(2)5-7-13/h4-10H,3,11H2,1-2H3,(H2,18,19). The predicted octanol–water partition coefficient (Wildman–Crippen LogP) is 3.07. The van der Waals surface area contributed by atoms with E-state index in [0.29, 0.717) is 30.3 Å². The number of aryl methyl sites for hydroxylation is 1. The van der Waals surface area contributed by atoms with Gasteiger partial charge in [0.05, 0.1) is 6.61 Å². The molecule has 0 bridgehead atoms. The van der Waals surface area contributed by atoms with E-state index < -0.39 is 5.91 Å². The van der Waals surface area contributed by atoms with Crippen molar-refractivity contribution in [1.29, 1.82) is 0 Å². The Hall–Kier alpha value is -2.49. The van der Waals surface area contributed by atoms with Gasteiger partial charge in [-0.3, -0.25) is 4.79 Å². The maximum absolute atomic E-state index is 11.2. The molecule has 0 heterocycles. The Morgan fingerprint density at radius 1 is 1.05 bits per heavy atom. The van der Waals surface area contributed by atoms with Gasteiger partial charge in [-0.05, 0) is 37.6 Å². The zero-order valence-corrected chi connectivity index (χ0v) is 12.3. The normalized spacial score (nSPS) is 10.2. The Morgan fingerprint density at radius 3 is 2.38 bits per heavy atom. The molecule has 0 aliphatic rings. The number of amides is 1. The second-order valence-corrected chi connectivity index (χ2v) is 4.73. The summed E-state index contributed by atoms with van der Waals surface area (Å²) in [7, 11) is 0. The molecule has 2 aromatic rings. The molecule has 2 N–H and O–H groups in total. The Kier molecular flexibility index (Phi) is 4.82. The van der Waals surface area contributed by atoms with E-state index in [1.807, 2.05) is 38.1 Å². The van der Waals surface area contributed by atoms with Crippen LogP contribution in [0.15, 0.2) is 42.5 Å². The van der Waals surface area contributed by atoms with Gasteiger partial charge in [-0.15, -0.1) is 0 Å². The summed E-state index contributed by atoms with van der Waals surface area (Å²) in [6.07, 6.45) is 0. The molecule has 0 saturated heterocycles. The summed E-state index contributed by atoms with van der Waals surface area (Å²) < 4.78 is 11.3. The molecule has 4 heteroatoms. The average Bonchev–Trinajstić information content (AvgIpc) is 2.47. The van der Waals surface area contributed by atoms with Crippen molar-refractivity contribution < 1.29 is 14.3 Å². The molecule has 0 saturated carbocycles. The van der Waals surface area contributed by atoms with E-state index >= 15 is 0 Å². The van der Waals surface area contributed by atoms with Crippen LogP contribution in [0.5, 0.6) is 11.5 Å². The van der Waals surface area contributed by atoms with E-state index in [9.17, 15) is 4.79 Å². The highest BCUT2D eigenvalue weighted by atomic mass is 16.5. The van der Waals surface area contributed by atoms with Gasteiger partial charge in [0.1, 0.15) is 6.61 Å². The molecule has 0 aliphatic carbocycles. The van der Waals surface area contributed by atoms with Crippen LogP contribution in [-0.2, 0) is 6.61 Å². The van der Waals surface area contributed by atoms with Crippen molar-refractivity contribution >= 4 is 5.91 Å². The number of primary amides is 1. The van der Waals surface area contributed by atoms with Crippen molar-refractivity contribution in [2.75, 3.05) is 6.61 Å². The lowest BCUT2D eigenvalue weighted by molar-refractivity contribution is 0.0999. The monoisotopic (exact) mass is 285 g/mol. The second-order valence-electron chi connectivity index (χ2n) is 4.73. The average molecular weight is 285 g/mol. The van der Waals surface area contributed by atoms with Crippen LogP contribution in [0, 0.1) is 6.92 Å². The minimum Gasteiger partial charge on any atom is -0.490 e. The zero-order valence-electron chi connectivity index (χ0n) is 12.3. The fourth-order valence-electron chi connectivity index (χ4n) is 1.89. The number of carbonyl (C=O) groups excluding carboxylic acids is 1. The summed E-state index contributed by atoms with van der Waals surface area (Å²) in [6.45, 7) is 4.85. The lowest BCUT2D eigenvalue weighted by atomic mass is 10.1. The van der Waals surface area contributed by atoms with Crippen molar-refractivity contribution in [2.24, 2.45) is 5.73 Å². The largest absolute Gasteiger partial charge is 0.490 e. The molecule has 0 atom stereocenters. The van der Waals surface area contributed by atoms with Crippen molar-refractivity contribution in [1.82, 2.24) is 0 Å². The SMILES string of the molecule is CCOc1cc(C(N)=O)ccc1OCc1ccc(C)cc1. The van der Waals surface area contributed by atoms with Crippen LogP contribution in [-0.4, -0.2) is 12.5 Å². The van der Waals surface area contributed by atoms with Crippen molar-refractivity contribution in [3.8, 4) is 11.5 Å². The first-order valence-electron chi connectivity index (χ1n) is 6.85. The highest BCUT2D eigenvalue weighted by Gasteiger charge is 2.09. The highest BCUT2D eigenvalue weighted by Crippen LogP contribution is 2.29. The number of carbonyl (C=O) groups is 1. The minimum atomic E-state index is -0.485. The zero-order chi connectivity index (χ0) is 15.2. The third-order valence-corrected chi connectivity index (χ3v) is 3.04. The molecule has 0 spiro atoms. The first-order valence-corrected chi connectivity index (χ1v) is 6.85. The second kappa shape index (κ2) is 6.79. The third kappa shape index (κ3) is 3.99. The van der Waals surface area contributed by atoms with Crippen LogP contribution >= 0.6 is 0 Å². The van der Waals surface area contributed by atoms with Gasteiger partial charge in [0.25, 0.3) is 0 Å². The van der Waals surface area contributed by atoms with Crippen LogP contribution in [0.2, 0.25) is 0 Å². The van der Waals surface area contributed by atoms with Gasteiger partial charge >= 0.3 is 0 Å². The molecule has 2 aromatic carbocycles. The first-order chi connectivity index (χ1) is 10.1. The van der Waals surface area contributed by atoms with Crippen molar-refractivity contribution in [2.45, 2.75) is 20.5 Å². The van der Waals surface area contributed by atoms with Gasteiger partial charge in [-0.25, -0.2) is 0 Å². The van der Waals surface area contributed by atoms with Gasteiger partial charge in [-0.2, -0.15) is 0 Å². The molecule has 0 aromatic heterocycles. The van der Waals surface area contributed by atoms with E-state index in [4.69, 9.17) is 15.2 Å². The Balaban J connectivity index is 2.14. The summed E-state index contributed by atoms with van der Waals surface area (Å²) in [5.41, 5.74) is 7.96. The molecule has 0 unspecified atom stereocenters. The first kappa shape index (κ1) is 14.9. The van der Waals surface area contributed by atoms with Gasteiger partial charge < -0.3 is 15.2 Å². The quantitative estimate of drug-likeness (QED) is 0.887. The van der Waals surface area contributed by atoms with Gasteiger partial charge in [-0.1, -0.05) is 29.8 Å². The Bertz CT molecular complexity index is 620. The molecule has 2 rings (SSSR count). The number of ether oxygens (including phenoxy) is 2. The van der Waals surface area contributed by atoms with E-state index in [1.54, 1.807) is 18.2 Å². The van der Waals surface area contributed by atoms with E-state index in [1.165, 1.54) is 5.56 Å². The van der Waals surface area contributed by atoms with Gasteiger partial charge in [0, 0.05) is 5.56 Å². The molecule has 21 heavy (non-hydrogen) atoms. The molecule has 0 radical (unpaired) electrons. The van der Waals surface area contributed by atoms with Crippen molar-refractivity contribution in [3.05, 3.63) is 59.2 Å². The predicted molar refractivity (Wildman–Crippen MR) is 81.6 cm³/mol. The Labute approximate surface area is 124 Å². The lowest BCUT2D eigenvalue weighted by Gasteiger charge is -2.13. The van der Waals surface area contributed by atoms with E-state index in [2.05, 4.69) is 0 Å².